The van der Waals surface area contributed by atoms with Gasteiger partial charge in [-0.1, -0.05) is 18.2 Å². The van der Waals surface area contributed by atoms with E-state index in [4.69, 9.17) is 9.47 Å². The lowest BCUT2D eigenvalue weighted by molar-refractivity contribution is -0.130. The first-order valence-corrected chi connectivity index (χ1v) is 10.6. The number of ether oxygens (including phenoxy) is 2. The Balaban J connectivity index is 1.52. The minimum Gasteiger partial charge on any atom is -0.385 e. The fraction of sp³-hybridized carbons (Fsp3) is 0.591. The van der Waals surface area contributed by atoms with Crippen LogP contribution in [0.5, 0.6) is 0 Å². The largest absolute Gasteiger partial charge is 0.385 e. The van der Waals surface area contributed by atoms with Gasteiger partial charge in [0.1, 0.15) is 0 Å². The molecule has 1 aromatic heterocycles. The molecule has 2 fully saturated rings. The Kier molecular flexibility index (Phi) is 6.06. The predicted molar refractivity (Wildman–Crippen MR) is 112 cm³/mol. The number of carbonyl (C=O) groups excluding carboxylic acids is 2. The molecule has 30 heavy (non-hydrogen) atoms. The van der Waals surface area contributed by atoms with Gasteiger partial charge in [-0.2, -0.15) is 5.10 Å². The van der Waals surface area contributed by atoms with E-state index in [1.807, 2.05) is 36.2 Å². The van der Waals surface area contributed by atoms with Gasteiger partial charge in [-0.05, 0) is 31.7 Å². The van der Waals surface area contributed by atoms with Crippen LogP contribution in [0.3, 0.4) is 0 Å². The van der Waals surface area contributed by atoms with Crippen LogP contribution in [0.2, 0.25) is 0 Å². The van der Waals surface area contributed by atoms with Gasteiger partial charge in [0, 0.05) is 58.4 Å². The summed E-state index contributed by atoms with van der Waals surface area (Å²) in [5.41, 5.74) is 0.927. The van der Waals surface area contributed by atoms with Crippen LogP contribution in [0.1, 0.15) is 36.2 Å². The van der Waals surface area contributed by atoms with Gasteiger partial charge in [-0.25, -0.2) is 0 Å². The number of para-hydroxylation sites is 1. The molecule has 0 radical (unpaired) electrons. The number of rotatable bonds is 6. The number of fused-ring (bicyclic) bond motifs is 1. The van der Waals surface area contributed by atoms with Gasteiger partial charge in [0.25, 0.3) is 5.91 Å². The second-order valence-corrected chi connectivity index (χ2v) is 8.37. The Bertz CT molecular complexity index is 921. The molecular formula is C22H30N4O4. The third-order valence-corrected chi connectivity index (χ3v) is 6.37. The molecule has 2 amide bonds. The molecule has 4 rings (SSSR count). The molecule has 0 bridgehead atoms. The maximum Gasteiger partial charge on any atom is 0.275 e. The fourth-order valence-corrected chi connectivity index (χ4v) is 4.56. The maximum atomic E-state index is 13.3. The normalized spacial score (nSPS) is 22.5. The quantitative estimate of drug-likeness (QED) is 0.778. The molecule has 0 spiro atoms. The smallest absolute Gasteiger partial charge is 0.275 e. The van der Waals surface area contributed by atoms with Crippen LogP contribution in [0, 0.1) is 5.92 Å². The Hall–Kier alpha value is -2.45. The molecular weight excluding hydrogens is 384 g/mol. The van der Waals surface area contributed by atoms with Crippen molar-refractivity contribution in [3.63, 3.8) is 0 Å². The number of benzene rings is 1. The number of likely N-dealkylation sites (tertiary alicyclic amines) is 1. The first kappa shape index (κ1) is 20.8. The van der Waals surface area contributed by atoms with Crippen LogP contribution in [0.25, 0.3) is 10.9 Å². The van der Waals surface area contributed by atoms with Gasteiger partial charge < -0.3 is 19.7 Å². The van der Waals surface area contributed by atoms with E-state index >= 15 is 0 Å². The number of methoxy groups -OCH3 is 1. The molecule has 2 aliphatic rings. The number of hydrogen-bond donors (Lipinski definition) is 1. The SMILES string of the molecule is COCCC1(NC(=O)C2CCOCC2)CCN(C(=O)c2nn(C)c3ccccc23)C1. The second kappa shape index (κ2) is 8.73. The van der Waals surface area contributed by atoms with Crippen molar-refractivity contribution in [3.05, 3.63) is 30.0 Å². The minimum atomic E-state index is -0.467. The van der Waals surface area contributed by atoms with E-state index in [-0.39, 0.29) is 17.7 Å². The molecule has 0 saturated carbocycles. The van der Waals surface area contributed by atoms with Gasteiger partial charge in [-0.3, -0.25) is 14.3 Å². The topological polar surface area (TPSA) is 85.7 Å². The van der Waals surface area contributed by atoms with Crippen molar-refractivity contribution in [2.45, 2.75) is 31.2 Å². The van der Waals surface area contributed by atoms with Crippen molar-refractivity contribution < 1.29 is 19.1 Å². The first-order valence-electron chi connectivity index (χ1n) is 10.6. The lowest BCUT2D eigenvalue weighted by atomic mass is 9.91. The summed E-state index contributed by atoms with van der Waals surface area (Å²) in [6.45, 7) is 2.83. The maximum absolute atomic E-state index is 13.3. The molecule has 3 heterocycles. The number of nitrogens with zero attached hydrogens (tertiary/aromatic N) is 3. The average molecular weight is 415 g/mol. The van der Waals surface area contributed by atoms with Crippen molar-refractivity contribution in [1.29, 1.82) is 0 Å². The van der Waals surface area contributed by atoms with E-state index < -0.39 is 5.54 Å². The Morgan fingerprint density at radius 1 is 1.30 bits per heavy atom. The standard InChI is InChI=1S/C22H30N4O4/c1-25-18-6-4-3-5-17(18)19(24-25)21(28)26-11-9-22(15-26,10-14-29-2)23-20(27)16-7-12-30-13-8-16/h3-6,16H,7-15H2,1-2H3,(H,23,27). The predicted octanol–water partition coefficient (Wildman–Crippen LogP) is 1.74. The molecule has 162 valence electrons. The van der Waals surface area contributed by atoms with E-state index in [1.165, 1.54) is 0 Å². The van der Waals surface area contributed by atoms with Crippen molar-refractivity contribution in [2.24, 2.45) is 13.0 Å². The fourth-order valence-electron chi connectivity index (χ4n) is 4.56. The highest BCUT2D eigenvalue weighted by molar-refractivity contribution is 6.05. The van der Waals surface area contributed by atoms with Gasteiger partial charge in [0.2, 0.25) is 5.91 Å². The van der Waals surface area contributed by atoms with E-state index in [0.717, 1.165) is 23.7 Å². The Labute approximate surface area is 176 Å². The molecule has 0 aliphatic carbocycles. The number of nitrogens with one attached hydrogen (secondary N) is 1. The molecule has 8 heteroatoms. The summed E-state index contributed by atoms with van der Waals surface area (Å²) in [6.07, 6.45) is 2.87. The third-order valence-electron chi connectivity index (χ3n) is 6.37. The summed E-state index contributed by atoms with van der Waals surface area (Å²) in [4.78, 5) is 28.0. The van der Waals surface area contributed by atoms with Crippen LogP contribution in [0.15, 0.2) is 24.3 Å². The van der Waals surface area contributed by atoms with E-state index in [2.05, 4.69) is 10.4 Å². The first-order chi connectivity index (χ1) is 14.5. The molecule has 2 saturated heterocycles. The van der Waals surface area contributed by atoms with Crippen LogP contribution in [-0.2, 0) is 21.3 Å². The number of amides is 2. The molecule has 2 aromatic rings. The molecule has 1 unspecified atom stereocenters. The summed E-state index contributed by atoms with van der Waals surface area (Å²) < 4.78 is 12.4. The van der Waals surface area contributed by atoms with Crippen molar-refractivity contribution >= 4 is 22.7 Å². The Morgan fingerprint density at radius 2 is 2.07 bits per heavy atom. The highest BCUT2D eigenvalue weighted by atomic mass is 16.5. The summed E-state index contributed by atoms with van der Waals surface area (Å²) in [5, 5.41) is 8.61. The summed E-state index contributed by atoms with van der Waals surface area (Å²) in [7, 11) is 3.51. The van der Waals surface area contributed by atoms with Crippen molar-refractivity contribution in [3.8, 4) is 0 Å². The van der Waals surface area contributed by atoms with Gasteiger partial charge in [-0.15, -0.1) is 0 Å². The van der Waals surface area contributed by atoms with Crippen molar-refractivity contribution in [1.82, 2.24) is 20.0 Å². The molecule has 1 aromatic carbocycles. The van der Waals surface area contributed by atoms with Gasteiger partial charge in [0.05, 0.1) is 11.1 Å². The lowest BCUT2D eigenvalue weighted by Gasteiger charge is -2.33. The third kappa shape index (κ3) is 4.06. The summed E-state index contributed by atoms with van der Waals surface area (Å²) >= 11 is 0. The second-order valence-electron chi connectivity index (χ2n) is 8.37. The minimum absolute atomic E-state index is 0.0253. The zero-order valence-electron chi connectivity index (χ0n) is 17.7. The van der Waals surface area contributed by atoms with E-state index in [0.29, 0.717) is 51.4 Å². The molecule has 8 nitrogen and oxygen atoms in total. The molecule has 2 aliphatic heterocycles. The van der Waals surface area contributed by atoms with Gasteiger partial charge in [0.15, 0.2) is 5.69 Å². The summed E-state index contributed by atoms with van der Waals surface area (Å²) in [6, 6.07) is 7.74. The van der Waals surface area contributed by atoms with Crippen LogP contribution in [-0.4, -0.2) is 72.1 Å². The summed E-state index contributed by atoms with van der Waals surface area (Å²) in [5.74, 6) is -0.0546. The van der Waals surface area contributed by atoms with Gasteiger partial charge >= 0.3 is 0 Å². The number of aryl methyl sites for hydroxylation is 1. The lowest BCUT2D eigenvalue weighted by Crippen LogP contribution is -2.53. The number of aromatic nitrogens is 2. The number of hydrogen-bond acceptors (Lipinski definition) is 5. The Morgan fingerprint density at radius 3 is 2.83 bits per heavy atom. The molecule has 1 atom stereocenters. The van der Waals surface area contributed by atoms with E-state index in [9.17, 15) is 9.59 Å². The highest BCUT2D eigenvalue weighted by Crippen LogP contribution is 2.29. The zero-order valence-corrected chi connectivity index (χ0v) is 17.7. The van der Waals surface area contributed by atoms with Crippen LogP contribution in [0.4, 0.5) is 0 Å². The monoisotopic (exact) mass is 414 g/mol. The molecule has 1 N–H and O–H groups in total. The van der Waals surface area contributed by atoms with Crippen LogP contribution >= 0.6 is 0 Å². The van der Waals surface area contributed by atoms with Crippen LogP contribution < -0.4 is 5.32 Å². The highest BCUT2D eigenvalue weighted by Gasteiger charge is 2.42. The van der Waals surface area contributed by atoms with E-state index in [1.54, 1.807) is 11.8 Å². The average Bonchev–Trinajstić information content (AvgIpc) is 3.34. The number of carbonyl (C=O) groups is 2. The van der Waals surface area contributed by atoms with Crippen molar-refractivity contribution in [2.75, 3.05) is 40.0 Å². The zero-order chi connectivity index (χ0) is 21.1.